The van der Waals surface area contributed by atoms with E-state index < -0.39 is 10.0 Å². The largest absolute Gasteiger partial charge is 0.261 e. The molecule has 2 rings (SSSR count). The summed E-state index contributed by atoms with van der Waals surface area (Å²) in [5, 5.41) is 1.75. The van der Waals surface area contributed by atoms with E-state index in [4.69, 9.17) is 0 Å². The van der Waals surface area contributed by atoms with Crippen LogP contribution < -0.4 is 4.72 Å². The average molecular weight is 282 g/mol. The smallest absolute Gasteiger partial charge is 0.250 e. The van der Waals surface area contributed by atoms with Crippen LogP contribution in [-0.2, 0) is 16.4 Å². The molecule has 96 valence electrons. The molecule has 0 unspecified atom stereocenters. The van der Waals surface area contributed by atoms with Gasteiger partial charge in [0.25, 0.3) is 0 Å². The Morgan fingerprint density at radius 1 is 1.22 bits per heavy atom. The number of hydrogen-bond acceptors (Lipinski definition) is 4. The number of rotatable bonds is 6. The highest BCUT2D eigenvalue weighted by atomic mass is 32.2. The number of aromatic nitrogens is 1. The lowest BCUT2D eigenvalue weighted by Crippen LogP contribution is -2.24. The number of thiophene rings is 1. The fourth-order valence-electron chi connectivity index (χ4n) is 1.51. The molecule has 0 aliphatic carbocycles. The number of sulfonamides is 1. The number of pyridine rings is 1. The Balaban J connectivity index is 1.79. The Hall–Kier alpha value is -1.24. The highest BCUT2D eigenvalue weighted by molar-refractivity contribution is 7.91. The molecule has 1 N–H and O–H groups in total. The van der Waals surface area contributed by atoms with E-state index in [1.54, 1.807) is 23.7 Å². The first kappa shape index (κ1) is 13.2. The van der Waals surface area contributed by atoms with Gasteiger partial charge < -0.3 is 0 Å². The lowest BCUT2D eigenvalue weighted by atomic mass is 10.2. The minimum absolute atomic E-state index is 0.361. The quantitative estimate of drug-likeness (QED) is 0.825. The summed E-state index contributed by atoms with van der Waals surface area (Å²) in [4.78, 5) is 4.19. The van der Waals surface area contributed by atoms with Crippen molar-refractivity contribution in [3.63, 3.8) is 0 Å². The number of hydrogen-bond donors (Lipinski definition) is 1. The van der Waals surface area contributed by atoms with Crippen LogP contribution >= 0.6 is 11.3 Å². The molecule has 18 heavy (non-hydrogen) atoms. The Kier molecular flexibility index (Phi) is 4.46. The zero-order valence-corrected chi connectivity index (χ0v) is 11.4. The first-order chi connectivity index (χ1) is 8.68. The molecule has 6 heteroatoms. The molecule has 2 aromatic heterocycles. The molecule has 0 aromatic carbocycles. The summed E-state index contributed by atoms with van der Waals surface area (Å²) in [6.07, 6.45) is 3.25. The van der Waals surface area contributed by atoms with E-state index in [0.29, 0.717) is 10.8 Å². The first-order valence-corrected chi connectivity index (χ1v) is 7.98. The van der Waals surface area contributed by atoms with Gasteiger partial charge in [0.15, 0.2) is 0 Å². The molecular formula is C12H14N2O2S2. The zero-order chi connectivity index (χ0) is 12.8. The van der Waals surface area contributed by atoms with Crippen molar-refractivity contribution in [2.24, 2.45) is 0 Å². The van der Waals surface area contributed by atoms with Gasteiger partial charge in [-0.1, -0.05) is 12.1 Å². The SMILES string of the molecule is O=S(=O)(NCCCc1ccccn1)c1cccs1. The Labute approximate surface area is 111 Å². The van der Waals surface area contributed by atoms with Crippen LogP contribution in [0.2, 0.25) is 0 Å². The van der Waals surface area contributed by atoms with E-state index in [-0.39, 0.29) is 0 Å². The van der Waals surface area contributed by atoms with Crippen LogP contribution in [0.1, 0.15) is 12.1 Å². The molecule has 0 fully saturated rings. The van der Waals surface area contributed by atoms with Crippen molar-refractivity contribution in [1.82, 2.24) is 9.71 Å². The second kappa shape index (κ2) is 6.08. The maximum atomic E-state index is 11.8. The molecular weight excluding hydrogens is 268 g/mol. The monoisotopic (exact) mass is 282 g/mol. The van der Waals surface area contributed by atoms with E-state index in [2.05, 4.69) is 9.71 Å². The molecule has 0 spiro atoms. The van der Waals surface area contributed by atoms with Crippen molar-refractivity contribution in [2.45, 2.75) is 17.1 Å². The predicted molar refractivity (Wildman–Crippen MR) is 72.1 cm³/mol. The van der Waals surface area contributed by atoms with Crippen LogP contribution in [0.15, 0.2) is 46.1 Å². The van der Waals surface area contributed by atoms with Crippen LogP contribution in [-0.4, -0.2) is 19.9 Å². The van der Waals surface area contributed by atoms with Crippen molar-refractivity contribution in [3.8, 4) is 0 Å². The highest BCUT2D eigenvalue weighted by Crippen LogP contribution is 2.15. The average Bonchev–Trinajstić information content (AvgIpc) is 2.91. The molecule has 0 aliphatic heterocycles. The summed E-state index contributed by atoms with van der Waals surface area (Å²) < 4.78 is 26.5. The van der Waals surface area contributed by atoms with E-state index in [9.17, 15) is 8.42 Å². The summed E-state index contributed by atoms with van der Waals surface area (Å²) in [5.74, 6) is 0. The van der Waals surface area contributed by atoms with Gasteiger partial charge >= 0.3 is 0 Å². The van der Waals surface area contributed by atoms with E-state index >= 15 is 0 Å². The van der Waals surface area contributed by atoms with E-state index in [0.717, 1.165) is 18.5 Å². The Morgan fingerprint density at radius 2 is 2.11 bits per heavy atom. The number of aryl methyl sites for hydroxylation is 1. The molecule has 0 saturated carbocycles. The molecule has 0 radical (unpaired) electrons. The van der Waals surface area contributed by atoms with Gasteiger partial charge in [0.05, 0.1) is 0 Å². The van der Waals surface area contributed by atoms with Crippen molar-refractivity contribution < 1.29 is 8.42 Å². The minimum Gasteiger partial charge on any atom is -0.261 e. The summed E-state index contributed by atoms with van der Waals surface area (Å²) in [5.41, 5.74) is 0.979. The van der Waals surface area contributed by atoms with Crippen molar-refractivity contribution in [1.29, 1.82) is 0 Å². The topological polar surface area (TPSA) is 59.1 Å². The first-order valence-electron chi connectivity index (χ1n) is 5.61. The van der Waals surface area contributed by atoms with Crippen molar-refractivity contribution in [3.05, 3.63) is 47.6 Å². The maximum absolute atomic E-state index is 11.8. The van der Waals surface area contributed by atoms with Crippen molar-refractivity contribution in [2.75, 3.05) is 6.54 Å². The van der Waals surface area contributed by atoms with Gasteiger partial charge in [0.1, 0.15) is 4.21 Å². The highest BCUT2D eigenvalue weighted by Gasteiger charge is 2.13. The number of nitrogens with one attached hydrogen (secondary N) is 1. The fourth-order valence-corrected chi connectivity index (χ4v) is 3.62. The van der Waals surface area contributed by atoms with Crippen LogP contribution in [0.25, 0.3) is 0 Å². The lowest BCUT2D eigenvalue weighted by molar-refractivity contribution is 0.581. The van der Waals surface area contributed by atoms with Gasteiger partial charge in [-0.25, -0.2) is 13.1 Å². The van der Waals surface area contributed by atoms with E-state index in [1.807, 2.05) is 18.2 Å². The normalized spacial score (nSPS) is 11.6. The van der Waals surface area contributed by atoms with Gasteiger partial charge in [-0.3, -0.25) is 4.98 Å². The Morgan fingerprint density at radius 3 is 2.78 bits per heavy atom. The predicted octanol–water partition coefficient (Wildman–Crippen LogP) is 2.05. The van der Waals surface area contributed by atoms with Gasteiger partial charge in [-0.05, 0) is 36.4 Å². The third-order valence-electron chi connectivity index (χ3n) is 2.39. The second-order valence-electron chi connectivity index (χ2n) is 3.75. The van der Waals surface area contributed by atoms with Crippen molar-refractivity contribution >= 4 is 21.4 Å². The third-order valence-corrected chi connectivity index (χ3v) is 5.25. The van der Waals surface area contributed by atoms with Gasteiger partial charge in [0, 0.05) is 18.4 Å². The Bertz CT molecular complexity index is 565. The third kappa shape index (κ3) is 3.63. The second-order valence-corrected chi connectivity index (χ2v) is 6.70. The van der Waals surface area contributed by atoms with Gasteiger partial charge in [-0.2, -0.15) is 0 Å². The molecule has 2 heterocycles. The summed E-state index contributed by atoms with van der Waals surface area (Å²) >= 11 is 1.22. The molecule has 0 bridgehead atoms. The summed E-state index contributed by atoms with van der Waals surface area (Å²) in [7, 11) is -3.32. The van der Waals surface area contributed by atoms with E-state index in [1.165, 1.54) is 11.3 Å². The van der Waals surface area contributed by atoms with Gasteiger partial charge in [-0.15, -0.1) is 11.3 Å². The fraction of sp³-hybridized carbons (Fsp3) is 0.250. The van der Waals surface area contributed by atoms with Crippen LogP contribution in [0.3, 0.4) is 0 Å². The molecule has 2 aromatic rings. The summed E-state index contributed by atoms with van der Waals surface area (Å²) in [6.45, 7) is 0.427. The molecule has 0 atom stereocenters. The maximum Gasteiger partial charge on any atom is 0.250 e. The van der Waals surface area contributed by atoms with Crippen LogP contribution in [0.4, 0.5) is 0 Å². The molecule has 4 nitrogen and oxygen atoms in total. The molecule has 0 aliphatic rings. The van der Waals surface area contributed by atoms with Crippen LogP contribution in [0.5, 0.6) is 0 Å². The zero-order valence-electron chi connectivity index (χ0n) is 9.74. The minimum atomic E-state index is -3.32. The number of nitrogens with zero attached hydrogens (tertiary/aromatic N) is 1. The summed E-state index contributed by atoms with van der Waals surface area (Å²) in [6, 6.07) is 9.06. The van der Waals surface area contributed by atoms with Crippen LogP contribution in [0, 0.1) is 0 Å². The molecule has 0 saturated heterocycles. The standard InChI is InChI=1S/C12H14N2O2S2/c15-18(16,12-7-4-10-17-12)14-9-3-6-11-5-1-2-8-13-11/h1-2,4-5,7-8,10,14H,3,6,9H2. The lowest BCUT2D eigenvalue weighted by Gasteiger charge is -2.04. The molecule has 0 amide bonds. The van der Waals surface area contributed by atoms with Gasteiger partial charge in [0.2, 0.25) is 10.0 Å².